The summed E-state index contributed by atoms with van der Waals surface area (Å²) in [5.74, 6) is 1.50. The number of rotatable bonds is 4. The molecule has 21 heavy (non-hydrogen) atoms. The van der Waals surface area contributed by atoms with E-state index in [1.165, 1.54) is 0 Å². The van der Waals surface area contributed by atoms with E-state index < -0.39 is 0 Å². The zero-order valence-electron chi connectivity index (χ0n) is 12.1. The van der Waals surface area contributed by atoms with Crippen LogP contribution in [0.1, 0.15) is 18.3 Å². The Balaban J connectivity index is 2.13. The van der Waals surface area contributed by atoms with Gasteiger partial charge in [-0.15, -0.1) is 0 Å². The second-order valence-corrected chi connectivity index (χ2v) is 4.53. The number of aryl methyl sites for hydroxylation is 1. The van der Waals surface area contributed by atoms with Crippen LogP contribution in [0.25, 0.3) is 11.9 Å². The van der Waals surface area contributed by atoms with Crippen LogP contribution >= 0.6 is 0 Å². The first-order chi connectivity index (χ1) is 10.2. The molecule has 108 valence electrons. The molecule has 0 aromatic carbocycles. The number of imidazole rings is 1. The lowest BCUT2D eigenvalue weighted by Crippen LogP contribution is -2.13. The zero-order chi connectivity index (χ0) is 14.8. The molecule has 8 heteroatoms. The van der Waals surface area contributed by atoms with Crippen molar-refractivity contribution in [1.82, 2.24) is 34.3 Å². The summed E-state index contributed by atoms with van der Waals surface area (Å²) >= 11 is 0. The smallest absolute Gasteiger partial charge is 0.257 e. The standard InChI is InChI=1S/C13H16N8/c1-4-14-11-17-12(20-8-15-9(2)10(20)3)19-13(18-11)21-7-5-6-16-21/h5-8H,4H2,1-3H3,(H,14,17,18,19). The van der Waals surface area contributed by atoms with Gasteiger partial charge in [0.1, 0.15) is 6.33 Å². The summed E-state index contributed by atoms with van der Waals surface area (Å²) in [6.45, 7) is 6.65. The van der Waals surface area contributed by atoms with Crippen LogP contribution in [0, 0.1) is 13.8 Å². The fourth-order valence-corrected chi connectivity index (χ4v) is 1.89. The molecule has 0 radical (unpaired) electrons. The van der Waals surface area contributed by atoms with Crippen LogP contribution in [-0.4, -0.2) is 40.8 Å². The minimum absolute atomic E-state index is 0.465. The molecule has 8 nitrogen and oxygen atoms in total. The summed E-state index contributed by atoms with van der Waals surface area (Å²) in [6.07, 6.45) is 5.19. The second-order valence-electron chi connectivity index (χ2n) is 4.53. The van der Waals surface area contributed by atoms with Crippen LogP contribution < -0.4 is 5.32 Å². The van der Waals surface area contributed by atoms with E-state index in [1.807, 2.05) is 31.4 Å². The number of nitrogens with one attached hydrogen (secondary N) is 1. The maximum Gasteiger partial charge on any atom is 0.257 e. The van der Waals surface area contributed by atoms with Crippen molar-refractivity contribution in [3.05, 3.63) is 36.2 Å². The van der Waals surface area contributed by atoms with Crippen molar-refractivity contribution in [3.8, 4) is 11.9 Å². The first kappa shape index (κ1) is 13.2. The van der Waals surface area contributed by atoms with Gasteiger partial charge in [-0.1, -0.05) is 0 Å². The first-order valence-corrected chi connectivity index (χ1v) is 6.70. The van der Waals surface area contributed by atoms with Crippen molar-refractivity contribution in [2.75, 3.05) is 11.9 Å². The maximum absolute atomic E-state index is 4.46. The number of hydrogen-bond acceptors (Lipinski definition) is 6. The van der Waals surface area contributed by atoms with Gasteiger partial charge in [-0.2, -0.15) is 20.1 Å². The van der Waals surface area contributed by atoms with E-state index in [-0.39, 0.29) is 0 Å². The molecule has 1 N–H and O–H groups in total. The van der Waals surface area contributed by atoms with Crippen LogP contribution in [0.15, 0.2) is 24.8 Å². The van der Waals surface area contributed by atoms with Gasteiger partial charge in [-0.3, -0.25) is 4.57 Å². The number of nitrogens with zero attached hydrogens (tertiary/aromatic N) is 7. The second kappa shape index (κ2) is 5.31. The Hall–Kier alpha value is -2.77. The minimum atomic E-state index is 0.465. The van der Waals surface area contributed by atoms with Crippen LogP contribution in [0.3, 0.4) is 0 Å². The highest BCUT2D eigenvalue weighted by Gasteiger charge is 2.12. The normalized spacial score (nSPS) is 10.8. The molecule has 3 aromatic heterocycles. The molecule has 0 unspecified atom stereocenters. The van der Waals surface area contributed by atoms with E-state index in [0.717, 1.165) is 17.9 Å². The molecule has 0 aliphatic heterocycles. The third-order valence-electron chi connectivity index (χ3n) is 3.12. The Morgan fingerprint density at radius 2 is 1.95 bits per heavy atom. The van der Waals surface area contributed by atoms with E-state index in [1.54, 1.807) is 23.4 Å². The lowest BCUT2D eigenvalue weighted by molar-refractivity contribution is 0.770. The molecule has 0 amide bonds. The van der Waals surface area contributed by atoms with Crippen LogP contribution in [0.2, 0.25) is 0 Å². The first-order valence-electron chi connectivity index (χ1n) is 6.70. The molecule has 3 heterocycles. The number of anilines is 1. The van der Waals surface area contributed by atoms with Crippen molar-refractivity contribution >= 4 is 5.95 Å². The predicted octanol–water partition coefficient (Wildman–Crippen LogP) is 1.29. The van der Waals surface area contributed by atoms with Gasteiger partial charge < -0.3 is 5.32 Å². The summed E-state index contributed by atoms with van der Waals surface area (Å²) in [5, 5.41) is 7.27. The van der Waals surface area contributed by atoms with Crippen molar-refractivity contribution in [2.45, 2.75) is 20.8 Å². The third-order valence-corrected chi connectivity index (χ3v) is 3.12. The minimum Gasteiger partial charge on any atom is -0.354 e. The van der Waals surface area contributed by atoms with Crippen molar-refractivity contribution in [3.63, 3.8) is 0 Å². The van der Waals surface area contributed by atoms with Crippen molar-refractivity contribution < 1.29 is 0 Å². The summed E-state index contributed by atoms with van der Waals surface area (Å²) in [7, 11) is 0. The van der Waals surface area contributed by atoms with Gasteiger partial charge in [0.05, 0.1) is 5.69 Å². The number of hydrogen-bond donors (Lipinski definition) is 1. The molecule has 0 atom stereocenters. The monoisotopic (exact) mass is 284 g/mol. The van der Waals surface area contributed by atoms with Gasteiger partial charge in [-0.05, 0) is 26.8 Å². The van der Waals surface area contributed by atoms with E-state index in [9.17, 15) is 0 Å². The van der Waals surface area contributed by atoms with E-state index >= 15 is 0 Å². The van der Waals surface area contributed by atoms with E-state index in [2.05, 4.69) is 30.4 Å². The summed E-state index contributed by atoms with van der Waals surface area (Å²) in [5.41, 5.74) is 1.94. The topological polar surface area (TPSA) is 86.3 Å². The molecule has 0 saturated carbocycles. The molecule has 0 aliphatic rings. The molecule has 0 fully saturated rings. The van der Waals surface area contributed by atoms with E-state index in [0.29, 0.717) is 17.8 Å². The summed E-state index contributed by atoms with van der Waals surface area (Å²) in [6, 6.07) is 1.82. The Morgan fingerprint density at radius 3 is 2.57 bits per heavy atom. The average Bonchev–Trinajstić information content (AvgIpc) is 3.11. The molecule has 3 rings (SSSR count). The Bertz CT molecular complexity index is 744. The third kappa shape index (κ3) is 2.47. The van der Waals surface area contributed by atoms with Gasteiger partial charge in [0.2, 0.25) is 11.9 Å². The highest BCUT2D eigenvalue weighted by atomic mass is 15.4. The van der Waals surface area contributed by atoms with Gasteiger partial charge in [-0.25, -0.2) is 9.67 Å². The maximum atomic E-state index is 4.46. The van der Waals surface area contributed by atoms with Crippen molar-refractivity contribution in [2.24, 2.45) is 0 Å². The number of aromatic nitrogens is 7. The van der Waals surface area contributed by atoms with Crippen LogP contribution in [0.5, 0.6) is 0 Å². The lowest BCUT2D eigenvalue weighted by atomic mass is 10.4. The van der Waals surface area contributed by atoms with E-state index in [4.69, 9.17) is 0 Å². The quantitative estimate of drug-likeness (QED) is 0.777. The SMILES string of the molecule is CCNc1nc(-n2cccn2)nc(-n2cnc(C)c2C)n1. The fourth-order valence-electron chi connectivity index (χ4n) is 1.89. The van der Waals surface area contributed by atoms with Gasteiger partial charge in [0.15, 0.2) is 0 Å². The summed E-state index contributed by atoms with van der Waals surface area (Å²) < 4.78 is 3.44. The Morgan fingerprint density at radius 1 is 1.14 bits per heavy atom. The summed E-state index contributed by atoms with van der Waals surface area (Å²) in [4.78, 5) is 17.5. The van der Waals surface area contributed by atoms with Gasteiger partial charge in [0, 0.05) is 24.6 Å². The molecular weight excluding hydrogens is 268 g/mol. The molecule has 0 saturated heterocycles. The Labute approximate surface area is 121 Å². The van der Waals surface area contributed by atoms with Gasteiger partial charge in [0.25, 0.3) is 5.95 Å². The lowest BCUT2D eigenvalue weighted by Gasteiger charge is -2.09. The Kier molecular flexibility index (Phi) is 3.35. The largest absolute Gasteiger partial charge is 0.354 e. The average molecular weight is 284 g/mol. The highest BCUT2D eigenvalue weighted by Crippen LogP contribution is 2.13. The van der Waals surface area contributed by atoms with Crippen molar-refractivity contribution in [1.29, 1.82) is 0 Å². The molecule has 0 aliphatic carbocycles. The fraction of sp³-hybridized carbons (Fsp3) is 0.308. The molecule has 3 aromatic rings. The van der Waals surface area contributed by atoms with Gasteiger partial charge >= 0.3 is 0 Å². The highest BCUT2D eigenvalue weighted by molar-refractivity contribution is 5.34. The zero-order valence-corrected chi connectivity index (χ0v) is 12.1. The molecule has 0 bridgehead atoms. The molecular formula is C13H16N8. The predicted molar refractivity (Wildman–Crippen MR) is 77.7 cm³/mol. The molecule has 0 spiro atoms. The van der Waals surface area contributed by atoms with Crippen LogP contribution in [-0.2, 0) is 0 Å². The van der Waals surface area contributed by atoms with Crippen LogP contribution in [0.4, 0.5) is 5.95 Å².